The minimum atomic E-state index is -0.198. The molecule has 3 heteroatoms. The summed E-state index contributed by atoms with van der Waals surface area (Å²) in [6.07, 6.45) is 7.53. The van der Waals surface area contributed by atoms with Crippen LogP contribution in [0.3, 0.4) is 0 Å². The van der Waals surface area contributed by atoms with Crippen LogP contribution in [0.25, 0.3) is 0 Å². The fourth-order valence-electron chi connectivity index (χ4n) is 3.50. The summed E-state index contributed by atoms with van der Waals surface area (Å²) < 4.78 is 6.76. The molecule has 2 atom stereocenters. The van der Waals surface area contributed by atoms with Crippen LogP contribution in [0, 0.1) is 5.92 Å². The average Bonchev–Trinajstić information content (AvgIpc) is 2.52. The zero-order chi connectivity index (χ0) is 14.0. The van der Waals surface area contributed by atoms with Crippen molar-refractivity contribution in [1.29, 1.82) is 0 Å². The quantitative estimate of drug-likeness (QED) is 0.623. The molecule has 1 aromatic carbocycles. The molecule has 2 nitrogen and oxygen atoms in total. The van der Waals surface area contributed by atoms with Crippen molar-refractivity contribution in [3.8, 4) is 0 Å². The predicted octanol–water partition coefficient (Wildman–Crippen LogP) is 3.09. The van der Waals surface area contributed by atoms with Gasteiger partial charge < -0.3 is 0 Å². The molecular weight excluding hydrogens is 315 g/mol. The second-order valence-electron chi connectivity index (χ2n) is 5.88. The fraction of sp³-hybridized carbons (Fsp3) is 0.588. The van der Waals surface area contributed by atoms with Gasteiger partial charge in [-0.15, -0.1) is 0 Å². The first-order valence-electron chi connectivity index (χ1n) is 7.71. The Hall–Kier alpha value is -0.791. The number of hydrogen-bond donors (Lipinski definition) is 0. The van der Waals surface area contributed by atoms with Gasteiger partial charge in [0.05, 0.1) is 0 Å². The Morgan fingerprint density at radius 2 is 1.90 bits per heavy atom. The third kappa shape index (κ3) is 2.42. The van der Waals surface area contributed by atoms with Crippen LogP contribution in [-0.2, 0) is 9.53 Å². The van der Waals surface area contributed by atoms with Gasteiger partial charge in [0, 0.05) is 0 Å². The number of carbonyl (C=O) groups is 1. The Bertz CT molecular complexity index is 467. The molecule has 0 spiro atoms. The Morgan fingerprint density at radius 3 is 2.50 bits per heavy atom. The van der Waals surface area contributed by atoms with Crippen LogP contribution in [0.2, 0.25) is 4.31 Å². The SMILES string of the molecule is CC[C@]1([Se]c2ccccc2)C(=O)O[C@H]1C1CCCCC1. The molecule has 0 radical (unpaired) electrons. The summed E-state index contributed by atoms with van der Waals surface area (Å²) in [7, 11) is 0. The van der Waals surface area contributed by atoms with E-state index < -0.39 is 0 Å². The summed E-state index contributed by atoms with van der Waals surface area (Å²) in [6, 6.07) is 10.5. The van der Waals surface area contributed by atoms with Gasteiger partial charge in [-0.2, -0.15) is 0 Å². The maximum atomic E-state index is 12.2. The van der Waals surface area contributed by atoms with Crippen LogP contribution in [0.4, 0.5) is 0 Å². The van der Waals surface area contributed by atoms with E-state index in [2.05, 4.69) is 31.2 Å². The average molecular weight is 337 g/mol. The zero-order valence-electron chi connectivity index (χ0n) is 12.0. The molecule has 0 bridgehead atoms. The standard InChI is InChI=1S/C17H22O2Se/c1-2-17(20-14-11-7-4-8-12-14)15(19-16(17)18)13-9-5-3-6-10-13/h4,7-8,11-13,15H,2-3,5-6,9-10H2,1H3/t15-,17+/m0/s1. The van der Waals surface area contributed by atoms with E-state index in [1.807, 2.05) is 6.07 Å². The molecule has 0 aromatic heterocycles. The van der Waals surface area contributed by atoms with Crippen LogP contribution in [-0.4, -0.2) is 27.0 Å². The molecule has 1 aromatic rings. The van der Waals surface area contributed by atoms with Gasteiger partial charge in [-0.1, -0.05) is 0 Å². The number of carbonyl (C=O) groups excluding carboxylic acids is 1. The van der Waals surface area contributed by atoms with Crippen LogP contribution < -0.4 is 4.46 Å². The third-order valence-corrected chi connectivity index (χ3v) is 7.96. The molecule has 1 aliphatic heterocycles. The van der Waals surface area contributed by atoms with Crippen molar-refractivity contribution in [3.63, 3.8) is 0 Å². The van der Waals surface area contributed by atoms with Gasteiger partial charge in [-0.05, 0) is 0 Å². The second-order valence-corrected chi connectivity index (χ2v) is 8.83. The van der Waals surface area contributed by atoms with Crippen molar-refractivity contribution in [1.82, 2.24) is 0 Å². The molecule has 108 valence electrons. The molecule has 1 saturated carbocycles. The molecular formula is C17H22O2Se. The van der Waals surface area contributed by atoms with Gasteiger partial charge in [0.15, 0.2) is 0 Å². The molecule has 0 unspecified atom stereocenters. The summed E-state index contributed by atoms with van der Waals surface area (Å²) in [5.41, 5.74) is 0. The Balaban J connectivity index is 1.79. The van der Waals surface area contributed by atoms with Gasteiger partial charge in [0.2, 0.25) is 0 Å². The van der Waals surface area contributed by atoms with Crippen molar-refractivity contribution in [2.75, 3.05) is 0 Å². The molecule has 1 aliphatic carbocycles. The molecule has 0 amide bonds. The van der Waals surface area contributed by atoms with Gasteiger partial charge in [-0.25, -0.2) is 0 Å². The first-order chi connectivity index (χ1) is 9.76. The van der Waals surface area contributed by atoms with Crippen molar-refractivity contribution in [3.05, 3.63) is 30.3 Å². The summed E-state index contributed by atoms with van der Waals surface area (Å²) in [5, 5.41) is 0. The number of cyclic esters (lactones) is 1. The Morgan fingerprint density at radius 1 is 1.20 bits per heavy atom. The summed E-state index contributed by atoms with van der Waals surface area (Å²) in [5.74, 6) is 0.659. The van der Waals surface area contributed by atoms with Crippen LogP contribution in [0.1, 0.15) is 45.4 Å². The third-order valence-electron chi connectivity index (χ3n) is 4.69. The first kappa shape index (κ1) is 14.2. The molecule has 1 saturated heterocycles. The molecule has 2 aliphatic rings. The van der Waals surface area contributed by atoms with E-state index in [9.17, 15) is 4.79 Å². The fourth-order valence-corrected chi connectivity index (χ4v) is 6.32. The summed E-state index contributed by atoms with van der Waals surface area (Å²) >= 11 is 0.181. The summed E-state index contributed by atoms with van der Waals surface area (Å²) in [6.45, 7) is 2.15. The molecule has 20 heavy (non-hydrogen) atoms. The number of benzene rings is 1. The van der Waals surface area contributed by atoms with Gasteiger partial charge in [0.1, 0.15) is 0 Å². The monoisotopic (exact) mass is 338 g/mol. The van der Waals surface area contributed by atoms with Gasteiger partial charge >= 0.3 is 127 Å². The topological polar surface area (TPSA) is 26.3 Å². The van der Waals surface area contributed by atoms with Crippen molar-refractivity contribution < 1.29 is 9.53 Å². The molecule has 1 heterocycles. The molecule has 0 N–H and O–H groups in total. The number of hydrogen-bond acceptors (Lipinski definition) is 2. The van der Waals surface area contributed by atoms with Crippen LogP contribution in [0.15, 0.2) is 30.3 Å². The van der Waals surface area contributed by atoms with E-state index in [4.69, 9.17) is 4.74 Å². The van der Waals surface area contributed by atoms with E-state index >= 15 is 0 Å². The van der Waals surface area contributed by atoms with E-state index in [1.54, 1.807) is 0 Å². The van der Waals surface area contributed by atoms with Crippen molar-refractivity contribution in [2.24, 2.45) is 5.92 Å². The number of ether oxygens (including phenoxy) is 1. The second kappa shape index (κ2) is 5.91. The number of esters is 1. The van der Waals surface area contributed by atoms with Crippen molar-refractivity contribution in [2.45, 2.75) is 55.9 Å². The van der Waals surface area contributed by atoms with Gasteiger partial charge in [0.25, 0.3) is 0 Å². The van der Waals surface area contributed by atoms with E-state index in [0.717, 1.165) is 6.42 Å². The molecule has 2 fully saturated rings. The van der Waals surface area contributed by atoms with E-state index in [-0.39, 0.29) is 31.3 Å². The van der Waals surface area contributed by atoms with Crippen LogP contribution in [0.5, 0.6) is 0 Å². The number of rotatable bonds is 4. The zero-order valence-corrected chi connectivity index (χ0v) is 13.7. The van der Waals surface area contributed by atoms with Crippen LogP contribution >= 0.6 is 0 Å². The van der Waals surface area contributed by atoms with E-state index in [1.165, 1.54) is 36.6 Å². The van der Waals surface area contributed by atoms with Gasteiger partial charge in [-0.3, -0.25) is 0 Å². The summed E-state index contributed by atoms with van der Waals surface area (Å²) in [4.78, 5) is 12.2. The normalized spacial score (nSPS) is 30.6. The first-order valence-corrected chi connectivity index (χ1v) is 9.43. The molecule has 3 rings (SSSR count). The maximum absolute atomic E-state index is 12.2. The van der Waals surface area contributed by atoms with E-state index in [0.29, 0.717) is 5.92 Å². The van der Waals surface area contributed by atoms with Crippen molar-refractivity contribution >= 4 is 25.4 Å². The minimum absolute atomic E-state index is 0.0550. The Kier molecular flexibility index (Phi) is 4.18. The Labute approximate surface area is 127 Å². The predicted molar refractivity (Wildman–Crippen MR) is 81.3 cm³/mol.